The standard InChI is InChI=1S/C14H25N3O/c18-14(16-8-1-2-9-16)17-10-4-5-12(11-17)13-6-3-7-15-13/h12-13,15H,1-11H2. The fraction of sp³-hybridized carbons (Fsp3) is 0.929. The van der Waals surface area contributed by atoms with Gasteiger partial charge in [0.15, 0.2) is 0 Å². The summed E-state index contributed by atoms with van der Waals surface area (Å²) in [4.78, 5) is 16.5. The Hall–Kier alpha value is -0.770. The van der Waals surface area contributed by atoms with Crippen molar-refractivity contribution < 1.29 is 4.79 Å². The van der Waals surface area contributed by atoms with E-state index in [2.05, 4.69) is 10.2 Å². The van der Waals surface area contributed by atoms with Gasteiger partial charge in [0.1, 0.15) is 0 Å². The fourth-order valence-corrected chi connectivity index (χ4v) is 3.73. The minimum atomic E-state index is 0.301. The van der Waals surface area contributed by atoms with E-state index in [4.69, 9.17) is 0 Å². The van der Waals surface area contributed by atoms with E-state index in [1.807, 2.05) is 4.90 Å². The Balaban J connectivity index is 1.57. The molecule has 3 aliphatic rings. The summed E-state index contributed by atoms with van der Waals surface area (Å²) in [6.45, 7) is 5.07. The fourth-order valence-electron chi connectivity index (χ4n) is 3.73. The molecule has 0 radical (unpaired) electrons. The maximum atomic E-state index is 12.4. The molecular weight excluding hydrogens is 226 g/mol. The molecule has 3 heterocycles. The number of likely N-dealkylation sites (tertiary alicyclic amines) is 2. The molecule has 0 aromatic rings. The number of nitrogens with one attached hydrogen (secondary N) is 1. The summed E-state index contributed by atoms with van der Waals surface area (Å²) < 4.78 is 0. The van der Waals surface area contributed by atoms with Crippen LogP contribution in [0.5, 0.6) is 0 Å². The van der Waals surface area contributed by atoms with Crippen LogP contribution >= 0.6 is 0 Å². The first-order chi connectivity index (χ1) is 8.84. The SMILES string of the molecule is O=C(N1CCCC1)N1CCCC(C2CCCN2)C1. The van der Waals surface area contributed by atoms with E-state index >= 15 is 0 Å². The van der Waals surface area contributed by atoms with Gasteiger partial charge in [-0.3, -0.25) is 0 Å². The van der Waals surface area contributed by atoms with E-state index in [-0.39, 0.29) is 0 Å². The minimum Gasteiger partial charge on any atom is -0.325 e. The molecule has 0 bridgehead atoms. The first kappa shape index (κ1) is 12.3. The van der Waals surface area contributed by atoms with Crippen LogP contribution in [-0.4, -0.2) is 54.6 Å². The summed E-state index contributed by atoms with van der Waals surface area (Å²) >= 11 is 0. The second-order valence-corrected chi connectivity index (χ2v) is 6.03. The van der Waals surface area contributed by atoms with E-state index in [1.54, 1.807) is 0 Å². The van der Waals surface area contributed by atoms with Crippen LogP contribution in [0.1, 0.15) is 38.5 Å². The van der Waals surface area contributed by atoms with Crippen molar-refractivity contribution in [2.75, 3.05) is 32.7 Å². The first-order valence-corrected chi connectivity index (χ1v) is 7.62. The zero-order valence-corrected chi connectivity index (χ0v) is 11.2. The predicted octanol–water partition coefficient (Wildman–Crippen LogP) is 1.67. The lowest BCUT2D eigenvalue weighted by Gasteiger charge is -2.37. The summed E-state index contributed by atoms with van der Waals surface area (Å²) in [7, 11) is 0. The second-order valence-electron chi connectivity index (χ2n) is 6.03. The lowest BCUT2D eigenvalue weighted by molar-refractivity contribution is 0.127. The van der Waals surface area contributed by atoms with E-state index in [0.29, 0.717) is 18.0 Å². The zero-order chi connectivity index (χ0) is 12.4. The van der Waals surface area contributed by atoms with Crippen molar-refractivity contribution in [1.29, 1.82) is 0 Å². The average Bonchev–Trinajstić information content (AvgIpc) is 3.11. The highest BCUT2D eigenvalue weighted by Gasteiger charge is 2.32. The third-order valence-electron chi connectivity index (χ3n) is 4.77. The van der Waals surface area contributed by atoms with Crippen LogP contribution in [0.15, 0.2) is 0 Å². The summed E-state index contributed by atoms with van der Waals surface area (Å²) in [5.74, 6) is 0.688. The van der Waals surface area contributed by atoms with E-state index in [9.17, 15) is 4.79 Å². The van der Waals surface area contributed by atoms with Gasteiger partial charge in [0.05, 0.1) is 0 Å². The van der Waals surface area contributed by atoms with Crippen molar-refractivity contribution in [2.45, 2.75) is 44.6 Å². The van der Waals surface area contributed by atoms with Gasteiger partial charge in [-0.25, -0.2) is 4.79 Å². The van der Waals surface area contributed by atoms with Gasteiger partial charge in [0.25, 0.3) is 0 Å². The average molecular weight is 251 g/mol. The van der Waals surface area contributed by atoms with Gasteiger partial charge in [-0.2, -0.15) is 0 Å². The van der Waals surface area contributed by atoms with E-state index in [1.165, 1.54) is 45.1 Å². The normalized spacial score (nSPS) is 33.1. The van der Waals surface area contributed by atoms with Crippen molar-refractivity contribution in [2.24, 2.45) is 5.92 Å². The molecule has 102 valence electrons. The molecule has 1 N–H and O–H groups in total. The molecule has 2 unspecified atom stereocenters. The molecule has 0 saturated carbocycles. The number of nitrogens with zero attached hydrogens (tertiary/aromatic N) is 2. The third kappa shape index (κ3) is 2.48. The maximum absolute atomic E-state index is 12.4. The van der Waals surface area contributed by atoms with Crippen LogP contribution in [0.2, 0.25) is 0 Å². The quantitative estimate of drug-likeness (QED) is 0.769. The molecule has 0 aromatic heterocycles. The van der Waals surface area contributed by atoms with E-state index in [0.717, 1.165) is 26.2 Å². The topological polar surface area (TPSA) is 35.6 Å². The number of hydrogen-bond acceptors (Lipinski definition) is 2. The molecule has 3 fully saturated rings. The van der Waals surface area contributed by atoms with Crippen LogP contribution < -0.4 is 5.32 Å². The van der Waals surface area contributed by atoms with Crippen LogP contribution in [0.3, 0.4) is 0 Å². The van der Waals surface area contributed by atoms with Gasteiger partial charge in [-0.05, 0) is 51.0 Å². The molecule has 4 heteroatoms. The molecule has 0 aromatic carbocycles. The summed E-state index contributed by atoms with van der Waals surface area (Å²) in [5, 5.41) is 3.60. The lowest BCUT2D eigenvalue weighted by atomic mass is 9.90. The molecule has 3 aliphatic heterocycles. The Kier molecular flexibility index (Phi) is 3.73. The molecule has 0 aliphatic carbocycles. The third-order valence-corrected chi connectivity index (χ3v) is 4.77. The highest BCUT2D eigenvalue weighted by molar-refractivity contribution is 5.74. The van der Waals surface area contributed by atoms with Crippen molar-refractivity contribution >= 4 is 6.03 Å². The summed E-state index contributed by atoms with van der Waals surface area (Å²) in [5.41, 5.74) is 0. The van der Waals surface area contributed by atoms with Crippen molar-refractivity contribution in [3.63, 3.8) is 0 Å². The van der Waals surface area contributed by atoms with Gasteiger partial charge in [0, 0.05) is 32.2 Å². The van der Waals surface area contributed by atoms with Gasteiger partial charge in [0.2, 0.25) is 0 Å². The Bertz CT molecular complexity index is 295. The molecule has 4 nitrogen and oxygen atoms in total. The number of carbonyl (C=O) groups excluding carboxylic acids is 1. The molecule has 3 saturated heterocycles. The Morgan fingerprint density at radius 2 is 1.72 bits per heavy atom. The number of amides is 2. The number of carbonyl (C=O) groups is 1. The summed E-state index contributed by atoms with van der Waals surface area (Å²) in [6, 6.07) is 0.967. The van der Waals surface area contributed by atoms with Crippen molar-refractivity contribution in [3.8, 4) is 0 Å². The second kappa shape index (κ2) is 5.47. The molecular formula is C14H25N3O. The van der Waals surface area contributed by atoms with Crippen LogP contribution in [0, 0.1) is 5.92 Å². The summed E-state index contributed by atoms with van der Waals surface area (Å²) in [6.07, 6.45) is 7.46. The Morgan fingerprint density at radius 1 is 0.944 bits per heavy atom. The number of urea groups is 1. The zero-order valence-electron chi connectivity index (χ0n) is 11.2. The largest absolute Gasteiger partial charge is 0.325 e. The number of piperidine rings is 1. The van der Waals surface area contributed by atoms with Crippen molar-refractivity contribution in [1.82, 2.24) is 15.1 Å². The highest BCUT2D eigenvalue weighted by atomic mass is 16.2. The highest BCUT2D eigenvalue weighted by Crippen LogP contribution is 2.25. The molecule has 18 heavy (non-hydrogen) atoms. The minimum absolute atomic E-state index is 0.301. The van der Waals surface area contributed by atoms with Crippen LogP contribution in [0.25, 0.3) is 0 Å². The lowest BCUT2D eigenvalue weighted by Crippen LogP contribution is -2.49. The van der Waals surface area contributed by atoms with Crippen molar-refractivity contribution in [3.05, 3.63) is 0 Å². The van der Waals surface area contributed by atoms with Gasteiger partial charge < -0.3 is 15.1 Å². The van der Waals surface area contributed by atoms with E-state index < -0.39 is 0 Å². The van der Waals surface area contributed by atoms with Gasteiger partial charge in [-0.1, -0.05) is 0 Å². The Morgan fingerprint density at radius 3 is 2.44 bits per heavy atom. The predicted molar refractivity (Wildman–Crippen MR) is 71.5 cm³/mol. The van der Waals surface area contributed by atoms with Crippen LogP contribution in [0.4, 0.5) is 4.79 Å². The molecule has 3 rings (SSSR count). The van der Waals surface area contributed by atoms with Crippen LogP contribution in [-0.2, 0) is 0 Å². The van der Waals surface area contributed by atoms with Gasteiger partial charge >= 0.3 is 6.03 Å². The smallest absolute Gasteiger partial charge is 0.320 e. The molecule has 2 atom stereocenters. The van der Waals surface area contributed by atoms with Gasteiger partial charge in [-0.15, -0.1) is 0 Å². The monoisotopic (exact) mass is 251 g/mol. The number of hydrogen-bond donors (Lipinski definition) is 1. The first-order valence-electron chi connectivity index (χ1n) is 7.62. The Labute approximate surface area is 110 Å². The maximum Gasteiger partial charge on any atom is 0.320 e. The molecule has 2 amide bonds. The molecule has 0 spiro atoms. The number of rotatable bonds is 1.